The summed E-state index contributed by atoms with van der Waals surface area (Å²) in [6.45, 7) is 2.87. The van der Waals surface area contributed by atoms with Gasteiger partial charge in [0.05, 0.1) is 12.7 Å². The maximum absolute atomic E-state index is 11.7. The van der Waals surface area contributed by atoms with Crippen LogP contribution in [0.1, 0.15) is 22.3 Å². The van der Waals surface area contributed by atoms with Crippen LogP contribution in [0.4, 0.5) is 0 Å². The highest BCUT2D eigenvalue weighted by molar-refractivity contribution is 7.09. The van der Waals surface area contributed by atoms with Crippen LogP contribution >= 0.6 is 23.7 Å². The highest BCUT2D eigenvalue weighted by Crippen LogP contribution is 2.09. The number of aromatic nitrogens is 3. The van der Waals surface area contributed by atoms with Crippen molar-refractivity contribution >= 4 is 29.7 Å². The van der Waals surface area contributed by atoms with Gasteiger partial charge in [0.15, 0.2) is 5.69 Å². The van der Waals surface area contributed by atoms with Gasteiger partial charge in [-0.2, -0.15) is 0 Å². The molecule has 1 atom stereocenters. The second-order valence-electron chi connectivity index (χ2n) is 3.99. The topological polar surface area (TPSA) is 85.8 Å². The van der Waals surface area contributed by atoms with Crippen molar-refractivity contribution in [2.45, 2.75) is 19.5 Å². The Balaban J connectivity index is 0.00000180. The molecule has 0 aliphatic carbocycles. The van der Waals surface area contributed by atoms with Gasteiger partial charge >= 0.3 is 0 Å². The van der Waals surface area contributed by atoms with E-state index < -0.39 is 0 Å². The predicted octanol–water partition coefficient (Wildman–Crippen LogP) is 0.887. The number of amides is 1. The summed E-state index contributed by atoms with van der Waals surface area (Å²) < 4.78 is 1.65. The van der Waals surface area contributed by atoms with Gasteiger partial charge in [-0.3, -0.25) is 4.79 Å². The Morgan fingerprint density at radius 1 is 1.63 bits per heavy atom. The average Bonchev–Trinajstić information content (AvgIpc) is 3.00. The molecule has 0 aliphatic heterocycles. The molecule has 19 heavy (non-hydrogen) atoms. The van der Waals surface area contributed by atoms with Crippen LogP contribution in [0.5, 0.6) is 0 Å². The number of nitrogens with two attached hydrogens (primary N) is 1. The molecule has 0 spiro atoms. The van der Waals surface area contributed by atoms with E-state index in [0.29, 0.717) is 18.8 Å². The largest absolute Gasteiger partial charge is 0.347 e. The number of rotatable bonds is 5. The number of thiophene rings is 1. The molecule has 0 unspecified atom stereocenters. The van der Waals surface area contributed by atoms with Gasteiger partial charge in [-0.15, -0.1) is 28.8 Å². The molecule has 2 aromatic heterocycles. The van der Waals surface area contributed by atoms with Crippen molar-refractivity contribution in [2.24, 2.45) is 5.73 Å². The monoisotopic (exact) mass is 301 g/mol. The Morgan fingerprint density at radius 2 is 2.42 bits per heavy atom. The quantitative estimate of drug-likeness (QED) is 0.858. The van der Waals surface area contributed by atoms with Gasteiger partial charge in [0.2, 0.25) is 0 Å². The van der Waals surface area contributed by atoms with Gasteiger partial charge in [0.1, 0.15) is 0 Å². The summed E-state index contributed by atoms with van der Waals surface area (Å²) in [6.07, 6.45) is 1.64. The zero-order valence-electron chi connectivity index (χ0n) is 10.4. The van der Waals surface area contributed by atoms with E-state index in [-0.39, 0.29) is 24.4 Å². The minimum atomic E-state index is -0.245. The zero-order valence-corrected chi connectivity index (χ0v) is 12.1. The molecule has 0 bridgehead atoms. The molecule has 0 saturated carbocycles. The number of hydrogen-bond donors (Lipinski definition) is 2. The smallest absolute Gasteiger partial charge is 0.273 e. The molecule has 0 saturated heterocycles. The van der Waals surface area contributed by atoms with Gasteiger partial charge < -0.3 is 11.1 Å². The third-order valence-corrected chi connectivity index (χ3v) is 3.26. The maximum Gasteiger partial charge on any atom is 0.273 e. The molecular weight excluding hydrogens is 286 g/mol. The second kappa shape index (κ2) is 7.22. The van der Waals surface area contributed by atoms with Crippen LogP contribution in [0, 0.1) is 0 Å². The van der Waals surface area contributed by atoms with Crippen LogP contribution in [0.2, 0.25) is 0 Å². The normalized spacial score (nSPS) is 11.7. The van der Waals surface area contributed by atoms with E-state index in [0.717, 1.165) is 0 Å². The lowest BCUT2D eigenvalue weighted by atomic mass is 10.3. The van der Waals surface area contributed by atoms with Crippen molar-refractivity contribution in [3.05, 3.63) is 34.3 Å². The minimum absolute atomic E-state index is 0. The summed E-state index contributed by atoms with van der Waals surface area (Å²) in [5.74, 6) is -0.245. The van der Waals surface area contributed by atoms with E-state index in [1.165, 1.54) is 4.88 Å². The lowest BCUT2D eigenvalue weighted by molar-refractivity contribution is 0.0936. The van der Waals surface area contributed by atoms with E-state index in [1.807, 2.05) is 24.4 Å². The Labute approximate surface area is 121 Å². The number of nitrogens with one attached hydrogen (secondary N) is 1. The lowest BCUT2D eigenvalue weighted by Gasteiger charge is -2.08. The molecule has 6 nitrogen and oxygen atoms in total. The molecule has 0 radical (unpaired) electrons. The van der Waals surface area contributed by atoms with Crippen molar-refractivity contribution in [2.75, 3.05) is 6.54 Å². The molecule has 8 heteroatoms. The molecule has 104 valence electrons. The zero-order chi connectivity index (χ0) is 13.0. The summed E-state index contributed by atoms with van der Waals surface area (Å²) in [4.78, 5) is 12.9. The number of halogens is 1. The Morgan fingerprint density at radius 3 is 3.05 bits per heavy atom. The number of carbonyl (C=O) groups is 1. The summed E-state index contributed by atoms with van der Waals surface area (Å²) in [7, 11) is 0. The molecule has 3 N–H and O–H groups in total. The third-order valence-electron chi connectivity index (χ3n) is 2.40. The fourth-order valence-corrected chi connectivity index (χ4v) is 2.09. The lowest BCUT2D eigenvalue weighted by Crippen LogP contribution is -2.37. The molecule has 0 fully saturated rings. The van der Waals surface area contributed by atoms with Gasteiger partial charge in [-0.05, 0) is 18.4 Å². The number of carbonyl (C=O) groups excluding carboxylic acids is 1. The number of nitrogens with zero attached hydrogens (tertiary/aromatic N) is 3. The fourth-order valence-electron chi connectivity index (χ4n) is 1.40. The molecule has 1 amide bonds. The van der Waals surface area contributed by atoms with Crippen LogP contribution in [0.25, 0.3) is 0 Å². The van der Waals surface area contributed by atoms with Gasteiger partial charge in [-0.1, -0.05) is 11.3 Å². The third kappa shape index (κ3) is 4.30. The molecular formula is C11H16ClN5OS. The number of hydrogen-bond acceptors (Lipinski definition) is 5. The van der Waals surface area contributed by atoms with Crippen LogP contribution in [0.15, 0.2) is 23.7 Å². The first-order chi connectivity index (χ1) is 8.69. The van der Waals surface area contributed by atoms with Gasteiger partial charge in [0, 0.05) is 17.5 Å². The van der Waals surface area contributed by atoms with Crippen molar-refractivity contribution in [1.29, 1.82) is 0 Å². The molecule has 2 aromatic rings. The summed E-state index contributed by atoms with van der Waals surface area (Å²) in [5, 5.41) is 12.5. The first-order valence-corrected chi connectivity index (χ1v) is 6.50. The van der Waals surface area contributed by atoms with E-state index in [2.05, 4.69) is 15.6 Å². The molecule has 2 rings (SSSR count). The van der Waals surface area contributed by atoms with Crippen molar-refractivity contribution in [3.8, 4) is 0 Å². The van der Waals surface area contributed by atoms with Crippen molar-refractivity contribution in [1.82, 2.24) is 20.3 Å². The van der Waals surface area contributed by atoms with E-state index in [4.69, 9.17) is 5.73 Å². The Bertz CT molecular complexity index is 513. The van der Waals surface area contributed by atoms with Gasteiger partial charge in [0.25, 0.3) is 5.91 Å². The standard InChI is InChI=1S/C11H15N5OS.ClH/c1-8(5-12)13-11(17)10-7-16(15-14-10)6-9-3-2-4-18-9;/h2-4,7-8H,5-6,12H2,1H3,(H,13,17);1H/t8-;/m0./s1. The molecule has 0 aliphatic rings. The van der Waals surface area contributed by atoms with Crippen LogP contribution in [-0.2, 0) is 6.54 Å². The van der Waals surface area contributed by atoms with E-state index in [1.54, 1.807) is 22.2 Å². The predicted molar refractivity (Wildman–Crippen MR) is 76.7 cm³/mol. The first-order valence-electron chi connectivity index (χ1n) is 5.62. The summed E-state index contributed by atoms with van der Waals surface area (Å²) in [6, 6.07) is 3.93. The summed E-state index contributed by atoms with van der Waals surface area (Å²) in [5.41, 5.74) is 5.75. The highest BCUT2D eigenvalue weighted by atomic mass is 35.5. The molecule has 0 aromatic carbocycles. The maximum atomic E-state index is 11.7. The molecule has 2 heterocycles. The highest BCUT2D eigenvalue weighted by Gasteiger charge is 2.12. The van der Waals surface area contributed by atoms with E-state index >= 15 is 0 Å². The Hall–Kier alpha value is -1.44. The van der Waals surface area contributed by atoms with E-state index in [9.17, 15) is 4.79 Å². The van der Waals surface area contributed by atoms with Crippen molar-refractivity contribution in [3.63, 3.8) is 0 Å². The van der Waals surface area contributed by atoms with Crippen molar-refractivity contribution < 1.29 is 4.79 Å². The van der Waals surface area contributed by atoms with Crippen LogP contribution < -0.4 is 11.1 Å². The SMILES string of the molecule is C[C@@H](CN)NC(=O)c1cn(Cc2cccs2)nn1.Cl. The van der Waals surface area contributed by atoms with Gasteiger partial charge in [-0.25, -0.2) is 4.68 Å². The summed E-state index contributed by atoms with van der Waals surface area (Å²) >= 11 is 1.64. The average molecular weight is 302 g/mol. The first kappa shape index (κ1) is 15.6. The van der Waals surface area contributed by atoms with Crippen LogP contribution in [0.3, 0.4) is 0 Å². The minimum Gasteiger partial charge on any atom is -0.347 e. The second-order valence-corrected chi connectivity index (χ2v) is 5.02. The fraction of sp³-hybridized carbons (Fsp3) is 0.364. The Kier molecular flexibility index (Phi) is 5.94. The van der Waals surface area contributed by atoms with Crippen LogP contribution in [-0.4, -0.2) is 33.5 Å².